The minimum atomic E-state index is -0.110. The summed E-state index contributed by atoms with van der Waals surface area (Å²) in [5.74, 6) is 1.93. The first kappa shape index (κ1) is 26.2. The zero-order valence-corrected chi connectivity index (χ0v) is 22.1. The van der Waals surface area contributed by atoms with Crippen LogP contribution in [0.25, 0.3) is 0 Å². The van der Waals surface area contributed by atoms with Crippen LogP contribution in [0.2, 0.25) is 0 Å². The number of hydrogen-bond donors (Lipinski definition) is 2. The van der Waals surface area contributed by atoms with Crippen LogP contribution in [-0.2, 0) is 11.3 Å². The first-order chi connectivity index (χ1) is 15.6. The molecule has 3 aliphatic rings. The van der Waals surface area contributed by atoms with E-state index in [9.17, 15) is 9.18 Å². The van der Waals surface area contributed by atoms with Gasteiger partial charge < -0.3 is 15.5 Å². The SMILES string of the molecule is CN=C(NCC1CCN(Cc2ccccc2F)CC1)NC1CCN(C(=O)C2CCCC2)C1.I. The monoisotopic (exact) mass is 571 g/mol. The van der Waals surface area contributed by atoms with Gasteiger partial charge in [-0.3, -0.25) is 14.7 Å². The van der Waals surface area contributed by atoms with Crippen molar-refractivity contribution < 1.29 is 9.18 Å². The van der Waals surface area contributed by atoms with Crippen molar-refractivity contribution in [3.05, 3.63) is 35.6 Å². The molecule has 1 atom stereocenters. The maximum atomic E-state index is 13.9. The van der Waals surface area contributed by atoms with Crippen LogP contribution >= 0.6 is 24.0 Å². The molecule has 1 aromatic carbocycles. The Morgan fingerprint density at radius 2 is 1.82 bits per heavy atom. The summed E-state index contributed by atoms with van der Waals surface area (Å²) in [5, 5.41) is 7.02. The van der Waals surface area contributed by atoms with Crippen molar-refractivity contribution in [3.8, 4) is 0 Å². The molecule has 1 aliphatic carbocycles. The second-order valence-electron chi connectivity index (χ2n) is 9.66. The number of halogens is 2. The van der Waals surface area contributed by atoms with Crippen LogP contribution in [0.4, 0.5) is 4.39 Å². The van der Waals surface area contributed by atoms with E-state index in [2.05, 4.69) is 20.5 Å². The number of aliphatic imine (C=N–C) groups is 1. The van der Waals surface area contributed by atoms with Crippen LogP contribution in [0.5, 0.6) is 0 Å². The molecule has 1 unspecified atom stereocenters. The summed E-state index contributed by atoms with van der Waals surface area (Å²) >= 11 is 0. The Kier molecular flexibility index (Phi) is 10.2. The predicted octanol–water partition coefficient (Wildman–Crippen LogP) is 3.61. The van der Waals surface area contributed by atoms with Gasteiger partial charge in [-0.25, -0.2) is 4.39 Å². The molecular formula is C25H39FIN5O. The van der Waals surface area contributed by atoms with E-state index in [1.54, 1.807) is 12.1 Å². The maximum absolute atomic E-state index is 13.9. The summed E-state index contributed by atoms with van der Waals surface area (Å²) < 4.78 is 13.9. The fourth-order valence-electron chi connectivity index (χ4n) is 5.35. The zero-order chi connectivity index (χ0) is 22.3. The van der Waals surface area contributed by atoms with Gasteiger partial charge in [0.1, 0.15) is 5.82 Å². The van der Waals surface area contributed by atoms with E-state index >= 15 is 0 Å². The number of hydrogen-bond acceptors (Lipinski definition) is 3. The Balaban J connectivity index is 0.00000306. The molecule has 2 heterocycles. The van der Waals surface area contributed by atoms with Crippen LogP contribution in [0.3, 0.4) is 0 Å². The number of carbonyl (C=O) groups is 1. The van der Waals surface area contributed by atoms with Crippen molar-refractivity contribution in [1.29, 1.82) is 0 Å². The molecule has 2 aliphatic heterocycles. The average molecular weight is 572 g/mol. The summed E-state index contributed by atoms with van der Waals surface area (Å²) in [4.78, 5) is 21.5. The highest BCUT2D eigenvalue weighted by molar-refractivity contribution is 14.0. The zero-order valence-electron chi connectivity index (χ0n) is 19.8. The molecule has 33 heavy (non-hydrogen) atoms. The van der Waals surface area contributed by atoms with Gasteiger partial charge in [-0.1, -0.05) is 31.0 Å². The molecular weight excluding hydrogens is 532 g/mol. The molecule has 2 N–H and O–H groups in total. The lowest BCUT2D eigenvalue weighted by Gasteiger charge is -2.32. The van der Waals surface area contributed by atoms with Crippen LogP contribution in [0, 0.1) is 17.7 Å². The number of piperidine rings is 1. The molecule has 1 amide bonds. The van der Waals surface area contributed by atoms with Gasteiger partial charge in [-0.05, 0) is 57.2 Å². The molecule has 6 nitrogen and oxygen atoms in total. The summed E-state index contributed by atoms with van der Waals surface area (Å²) in [6, 6.07) is 7.34. The Bertz CT molecular complexity index is 793. The summed E-state index contributed by atoms with van der Waals surface area (Å²) in [6.45, 7) is 5.20. The lowest BCUT2D eigenvalue weighted by Crippen LogP contribution is -2.47. The van der Waals surface area contributed by atoms with Gasteiger partial charge in [0, 0.05) is 50.7 Å². The average Bonchev–Trinajstić information content (AvgIpc) is 3.51. The van der Waals surface area contributed by atoms with Gasteiger partial charge in [0.15, 0.2) is 5.96 Å². The van der Waals surface area contributed by atoms with Crippen molar-refractivity contribution in [1.82, 2.24) is 20.4 Å². The maximum Gasteiger partial charge on any atom is 0.225 e. The lowest BCUT2D eigenvalue weighted by atomic mass is 9.96. The van der Waals surface area contributed by atoms with Crippen LogP contribution in [0.15, 0.2) is 29.3 Å². The highest BCUT2D eigenvalue weighted by Gasteiger charge is 2.32. The largest absolute Gasteiger partial charge is 0.356 e. The van der Waals surface area contributed by atoms with Crippen LogP contribution in [-0.4, -0.2) is 67.5 Å². The van der Waals surface area contributed by atoms with Crippen molar-refractivity contribution in [2.45, 2.75) is 57.5 Å². The molecule has 0 spiro atoms. The lowest BCUT2D eigenvalue weighted by molar-refractivity contribution is -0.134. The molecule has 1 aromatic rings. The van der Waals surface area contributed by atoms with Crippen molar-refractivity contribution >= 4 is 35.8 Å². The van der Waals surface area contributed by atoms with Crippen LogP contribution in [0.1, 0.15) is 50.5 Å². The highest BCUT2D eigenvalue weighted by Crippen LogP contribution is 2.28. The number of carbonyl (C=O) groups excluding carboxylic acids is 1. The van der Waals surface area contributed by atoms with Gasteiger partial charge in [-0.2, -0.15) is 0 Å². The molecule has 4 rings (SSSR count). The topological polar surface area (TPSA) is 60.0 Å². The third kappa shape index (κ3) is 7.28. The molecule has 0 bridgehead atoms. The number of benzene rings is 1. The molecule has 0 radical (unpaired) electrons. The Labute approximate surface area is 214 Å². The van der Waals surface area contributed by atoms with E-state index in [4.69, 9.17) is 0 Å². The van der Waals surface area contributed by atoms with E-state index in [0.29, 0.717) is 18.4 Å². The quantitative estimate of drug-likeness (QED) is 0.311. The third-order valence-electron chi connectivity index (χ3n) is 7.39. The normalized spacial score (nSPS) is 22.9. The second kappa shape index (κ2) is 12.9. The van der Waals surface area contributed by atoms with E-state index in [1.807, 2.05) is 24.1 Å². The smallest absolute Gasteiger partial charge is 0.225 e. The molecule has 184 valence electrons. The number of guanidine groups is 1. The number of likely N-dealkylation sites (tertiary alicyclic amines) is 2. The van der Waals surface area contributed by atoms with Gasteiger partial charge >= 0.3 is 0 Å². The van der Waals surface area contributed by atoms with Crippen LogP contribution < -0.4 is 10.6 Å². The fraction of sp³-hybridized carbons (Fsp3) is 0.680. The molecule has 0 aromatic heterocycles. The Morgan fingerprint density at radius 3 is 2.52 bits per heavy atom. The number of amides is 1. The van der Waals surface area contributed by atoms with E-state index in [-0.39, 0.29) is 41.8 Å². The van der Waals surface area contributed by atoms with Crippen molar-refractivity contribution in [2.24, 2.45) is 16.8 Å². The molecule has 2 saturated heterocycles. The van der Waals surface area contributed by atoms with E-state index in [0.717, 1.165) is 76.4 Å². The highest BCUT2D eigenvalue weighted by atomic mass is 127. The summed E-state index contributed by atoms with van der Waals surface area (Å²) in [5.41, 5.74) is 0.783. The van der Waals surface area contributed by atoms with Crippen molar-refractivity contribution in [3.63, 3.8) is 0 Å². The summed E-state index contributed by atoms with van der Waals surface area (Å²) in [7, 11) is 1.81. The minimum absolute atomic E-state index is 0. The van der Waals surface area contributed by atoms with E-state index in [1.165, 1.54) is 12.8 Å². The fourth-order valence-corrected chi connectivity index (χ4v) is 5.35. The number of nitrogens with one attached hydrogen (secondary N) is 2. The standard InChI is InChI=1S/C25H38FN5O.HI/c1-27-25(29-22-12-15-31(18-22)24(32)20-6-2-3-7-20)28-16-19-10-13-30(14-11-19)17-21-8-4-5-9-23(21)26;/h4-5,8-9,19-20,22H,2-3,6-7,10-18H2,1H3,(H2,27,28,29);1H. The Morgan fingerprint density at radius 1 is 1.09 bits per heavy atom. The van der Waals surface area contributed by atoms with Gasteiger partial charge in [-0.15, -0.1) is 24.0 Å². The van der Waals surface area contributed by atoms with Crippen molar-refractivity contribution in [2.75, 3.05) is 39.8 Å². The minimum Gasteiger partial charge on any atom is -0.356 e. The molecule has 3 fully saturated rings. The second-order valence-corrected chi connectivity index (χ2v) is 9.66. The first-order valence-corrected chi connectivity index (χ1v) is 12.3. The number of rotatable bonds is 6. The van der Waals surface area contributed by atoms with Gasteiger partial charge in [0.25, 0.3) is 0 Å². The first-order valence-electron chi connectivity index (χ1n) is 12.3. The number of nitrogens with zero attached hydrogens (tertiary/aromatic N) is 3. The molecule has 8 heteroatoms. The van der Waals surface area contributed by atoms with E-state index < -0.39 is 0 Å². The molecule has 1 saturated carbocycles. The summed E-state index contributed by atoms with van der Waals surface area (Å²) in [6.07, 6.45) is 7.71. The van der Waals surface area contributed by atoms with Gasteiger partial charge in [0.05, 0.1) is 0 Å². The predicted molar refractivity (Wildman–Crippen MR) is 141 cm³/mol. The Hall–Kier alpha value is -1.42. The van der Waals surface area contributed by atoms with Gasteiger partial charge in [0.2, 0.25) is 5.91 Å². The third-order valence-corrected chi connectivity index (χ3v) is 7.39.